The summed E-state index contributed by atoms with van der Waals surface area (Å²) in [6.07, 6.45) is 10.0. The first-order chi connectivity index (χ1) is 18.4. The summed E-state index contributed by atoms with van der Waals surface area (Å²) in [4.78, 5) is 12.7. The zero-order valence-corrected chi connectivity index (χ0v) is 23.3. The van der Waals surface area contributed by atoms with Crippen molar-refractivity contribution in [1.29, 1.82) is 0 Å². The minimum absolute atomic E-state index is 0.120. The average molecular weight is 510 g/mol. The molecule has 38 heavy (non-hydrogen) atoms. The molecule has 0 aliphatic rings. The van der Waals surface area contributed by atoms with Crippen molar-refractivity contribution in [3.05, 3.63) is 77.4 Å². The number of ether oxygens (including phenoxy) is 1. The summed E-state index contributed by atoms with van der Waals surface area (Å²) < 4.78 is 6.61. The predicted molar refractivity (Wildman–Crippen MR) is 156 cm³/mol. The van der Waals surface area contributed by atoms with Gasteiger partial charge in [-0.3, -0.25) is 0 Å². The van der Waals surface area contributed by atoms with E-state index in [1.54, 1.807) is 0 Å². The van der Waals surface area contributed by atoms with Crippen molar-refractivity contribution in [1.82, 2.24) is 15.0 Å². The number of unbranched alkanes of at least 4 members (excludes halogenated alkanes) is 5. The van der Waals surface area contributed by atoms with Crippen LogP contribution in [0.4, 0.5) is 0 Å². The first kappa shape index (κ1) is 27.3. The Balaban J connectivity index is 1.90. The molecule has 0 aliphatic heterocycles. The molecule has 3 aromatic carbocycles. The van der Waals surface area contributed by atoms with E-state index in [2.05, 4.69) is 86.0 Å². The highest BCUT2D eigenvalue weighted by atomic mass is 16.5. The summed E-state index contributed by atoms with van der Waals surface area (Å²) in [6.45, 7) is 11.2. The number of aryl methyl sites for hydroxylation is 4. The summed E-state index contributed by atoms with van der Waals surface area (Å²) in [5.74, 6) is 1.25. The van der Waals surface area contributed by atoms with E-state index in [4.69, 9.17) is 4.74 Å². The smallest absolute Gasteiger partial charge is 0.166 e. The maximum atomic E-state index is 11.8. The zero-order chi connectivity index (χ0) is 27.1. The van der Waals surface area contributed by atoms with Crippen LogP contribution >= 0.6 is 0 Å². The number of hydrogen-bond acceptors (Lipinski definition) is 5. The number of hydrogen-bond donors (Lipinski definition) is 1. The molecule has 5 nitrogen and oxygen atoms in total. The quantitative estimate of drug-likeness (QED) is 0.205. The molecule has 0 unspecified atom stereocenters. The van der Waals surface area contributed by atoms with Gasteiger partial charge in [-0.2, -0.15) is 0 Å². The first-order valence-electron chi connectivity index (χ1n) is 13.7. The minimum atomic E-state index is 0.120. The molecule has 0 saturated carbocycles. The van der Waals surface area contributed by atoms with E-state index in [-0.39, 0.29) is 5.75 Å². The molecule has 1 heterocycles. The fourth-order valence-corrected chi connectivity index (χ4v) is 5.07. The Labute approximate surface area is 227 Å². The maximum absolute atomic E-state index is 11.8. The highest BCUT2D eigenvalue weighted by Crippen LogP contribution is 2.50. The van der Waals surface area contributed by atoms with Gasteiger partial charge in [0.1, 0.15) is 24.2 Å². The SMILES string of the molecule is CCCCCCCCOc1c(-c2ccc(C)cc2C)cc(-c2ncncn2)c(O)c1-c1ccc(C)cc1C. The molecule has 0 fully saturated rings. The molecular formula is C33H39N3O2. The lowest BCUT2D eigenvalue weighted by Gasteiger charge is -2.22. The van der Waals surface area contributed by atoms with Crippen LogP contribution < -0.4 is 4.74 Å². The van der Waals surface area contributed by atoms with E-state index in [0.717, 1.165) is 40.7 Å². The monoisotopic (exact) mass is 509 g/mol. The Morgan fingerprint density at radius 2 is 1.29 bits per heavy atom. The van der Waals surface area contributed by atoms with Gasteiger partial charge in [0, 0.05) is 5.56 Å². The summed E-state index contributed by atoms with van der Waals surface area (Å²) in [5, 5.41) is 11.8. The summed E-state index contributed by atoms with van der Waals surface area (Å²) in [7, 11) is 0. The summed E-state index contributed by atoms with van der Waals surface area (Å²) in [6, 6.07) is 14.7. The molecule has 0 radical (unpaired) electrons. The van der Waals surface area contributed by atoms with Crippen LogP contribution in [0.5, 0.6) is 11.5 Å². The molecule has 198 valence electrons. The highest BCUT2D eigenvalue weighted by Gasteiger charge is 2.25. The Kier molecular flexibility index (Phi) is 9.11. The second-order valence-electron chi connectivity index (χ2n) is 10.2. The molecular weight excluding hydrogens is 470 g/mol. The third kappa shape index (κ3) is 6.21. The number of rotatable bonds is 11. The lowest BCUT2D eigenvalue weighted by molar-refractivity contribution is 0.305. The van der Waals surface area contributed by atoms with E-state index in [0.29, 0.717) is 29.3 Å². The van der Waals surface area contributed by atoms with Gasteiger partial charge in [-0.15, -0.1) is 0 Å². The van der Waals surface area contributed by atoms with Crippen LogP contribution in [0.25, 0.3) is 33.6 Å². The lowest BCUT2D eigenvalue weighted by Crippen LogP contribution is -2.04. The van der Waals surface area contributed by atoms with Crippen molar-refractivity contribution in [3.8, 4) is 45.1 Å². The number of aromatic nitrogens is 3. The van der Waals surface area contributed by atoms with E-state index in [9.17, 15) is 5.11 Å². The Morgan fingerprint density at radius 1 is 0.684 bits per heavy atom. The van der Waals surface area contributed by atoms with Gasteiger partial charge in [-0.05, 0) is 62.4 Å². The fourth-order valence-electron chi connectivity index (χ4n) is 5.07. The van der Waals surface area contributed by atoms with E-state index in [1.807, 2.05) is 6.07 Å². The number of phenols is 1. The van der Waals surface area contributed by atoms with E-state index in [1.165, 1.54) is 49.5 Å². The topological polar surface area (TPSA) is 68.1 Å². The Hall–Kier alpha value is -3.73. The molecule has 0 bridgehead atoms. The number of benzene rings is 3. The van der Waals surface area contributed by atoms with Crippen LogP contribution in [0.1, 0.15) is 67.7 Å². The third-order valence-corrected chi connectivity index (χ3v) is 7.05. The van der Waals surface area contributed by atoms with Crippen LogP contribution in [0, 0.1) is 27.7 Å². The van der Waals surface area contributed by atoms with Gasteiger partial charge in [0.2, 0.25) is 0 Å². The van der Waals surface area contributed by atoms with E-state index < -0.39 is 0 Å². The number of phenolic OH excluding ortho intramolecular Hbond substituents is 1. The van der Waals surface area contributed by atoms with Gasteiger partial charge in [0.25, 0.3) is 0 Å². The van der Waals surface area contributed by atoms with Crippen LogP contribution in [0.2, 0.25) is 0 Å². The van der Waals surface area contributed by atoms with Crippen molar-refractivity contribution < 1.29 is 9.84 Å². The molecule has 4 rings (SSSR count). The molecule has 0 saturated heterocycles. The number of aromatic hydroxyl groups is 1. The molecule has 0 atom stereocenters. The molecule has 4 aromatic rings. The van der Waals surface area contributed by atoms with Crippen molar-refractivity contribution in [2.45, 2.75) is 73.1 Å². The highest BCUT2D eigenvalue weighted by molar-refractivity contribution is 5.94. The van der Waals surface area contributed by atoms with Crippen LogP contribution in [-0.4, -0.2) is 26.7 Å². The van der Waals surface area contributed by atoms with Gasteiger partial charge in [0.15, 0.2) is 5.82 Å². The zero-order valence-electron chi connectivity index (χ0n) is 23.3. The molecule has 0 aliphatic carbocycles. The molecule has 5 heteroatoms. The Bertz CT molecular complexity index is 1380. The standard InChI is InChI=1S/C33H39N3O2/c1-6-7-8-9-10-11-16-38-32-28(26-14-12-22(2)17-24(26)4)19-29(33-35-20-34-21-36-33)31(37)30(32)27-15-13-23(3)18-25(27)5/h12-15,17-21,37H,6-11,16H2,1-5H3. The predicted octanol–water partition coefficient (Wildman–Crippen LogP) is 8.55. The van der Waals surface area contributed by atoms with Crippen molar-refractivity contribution in [2.75, 3.05) is 6.61 Å². The number of nitrogens with zero attached hydrogens (tertiary/aromatic N) is 3. The van der Waals surface area contributed by atoms with Crippen LogP contribution in [0.3, 0.4) is 0 Å². The van der Waals surface area contributed by atoms with Gasteiger partial charge in [0.05, 0.1) is 17.7 Å². The van der Waals surface area contributed by atoms with Crippen molar-refractivity contribution in [2.24, 2.45) is 0 Å². The first-order valence-corrected chi connectivity index (χ1v) is 13.7. The maximum Gasteiger partial charge on any atom is 0.166 e. The fraction of sp³-hybridized carbons (Fsp3) is 0.364. The average Bonchev–Trinajstić information content (AvgIpc) is 2.90. The lowest BCUT2D eigenvalue weighted by atomic mass is 9.89. The van der Waals surface area contributed by atoms with Crippen LogP contribution in [-0.2, 0) is 0 Å². The molecule has 0 spiro atoms. The van der Waals surface area contributed by atoms with Gasteiger partial charge >= 0.3 is 0 Å². The second-order valence-corrected chi connectivity index (χ2v) is 10.2. The third-order valence-electron chi connectivity index (χ3n) is 7.05. The van der Waals surface area contributed by atoms with Crippen molar-refractivity contribution >= 4 is 0 Å². The summed E-state index contributed by atoms with van der Waals surface area (Å²) in [5.41, 5.74) is 8.76. The largest absolute Gasteiger partial charge is 0.506 e. The van der Waals surface area contributed by atoms with Gasteiger partial charge < -0.3 is 9.84 Å². The van der Waals surface area contributed by atoms with Gasteiger partial charge in [-0.1, -0.05) is 86.6 Å². The molecule has 0 amide bonds. The minimum Gasteiger partial charge on any atom is -0.506 e. The van der Waals surface area contributed by atoms with Gasteiger partial charge in [-0.25, -0.2) is 15.0 Å². The molecule has 1 N–H and O–H groups in total. The molecule has 1 aromatic heterocycles. The summed E-state index contributed by atoms with van der Waals surface area (Å²) >= 11 is 0. The Morgan fingerprint density at radius 3 is 1.92 bits per heavy atom. The second kappa shape index (κ2) is 12.7. The van der Waals surface area contributed by atoms with Crippen molar-refractivity contribution in [3.63, 3.8) is 0 Å². The van der Waals surface area contributed by atoms with Crippen LogP contribution in [0.15, 0.2) is 55.1 Å². The normalized spacial score (nSPS) is 11.1. The van der Waals surface area contributed by atoms with E-state index >= 15 is 0 Å².